The fraction of sp³-hybridized carbons (Fsp3) is 0.500. The van der Waals surface area contributed by atoms with Crippen LogP contribution >= 0.6 is 11.8 Å². The van der Waals surface area contributed by atoms with Crippen molar-refractivity contribution in [2.75, 3.05) is 13.4 Å². The van der Waals surface area contributed by atoms with Crippen molar-refractivity contribution in [3.8, 4) is 0 Å². The summed E-state index contributed by atoms with van der Waals surface area (Å²) in [5, 5.41) is 10.7. The fourth-order valence-electron chi connectivity index (χ4n) is 0.252. The molecule has 0 amide bonds. The summed E-state index contributed by atoms with van der Waals surface area (Å²) in [5.74, 6) is -0.620. The van der Waals surface area contributed by atoms with Crippen molar-refractivity contribution >= 4 is 22.8 Å². The highest BCUT2D eigenvalue weighted by Crippen LogP contribution is 1.98. The van der Waals surface area contributed by atoms with Gasteiger partial charge < -0.3 is 9.94 Å². The van der Waals surface area contributed by atoms with Gasteiger partial charge in [-0.15, -0.1) is 0 Å². The topological polar surface area (TPSA) is 58.9 Å². The lowest BCUT2D eigenvalue weighted by Crippen LogP contribution is -2.11. The van der Waals surface area contributed by atoms with Crippen LogP contribution in [-0.4, -0.2) is 29.6 Å². The predicted molar refractivity (Wildman–Crippen MR) is 34.8 cm³/mol. The maximum atomic E-state index is 10.4. The third-order valence-electron chi connectivity index (χ3n) is 0.644. The van der Waals surface area contributed by atoms with Crippen molar-refractivity contribution in [1.29, 1.82) is 0 Å². The number of ether oxygens (including phenoxy) is 1. The Morgan fingerprint density at radius 3 is 2.44 bits per heavy atom. The highest BCUT2D eigenvalue weighted by atomic mass is 32.2. The van der Waals surface area contributed by atoms with Gasteiger partial charge in [-0.05, 0) is 6.26 Å². The third kappa shape index (κ3) is 2.36. The molecule has 0 aliphatic rings. The highest BCUT2D eigenvalue weighted by molar-refractivity contribution is 8.15. The van der Waals surface area contributed by atoms with Gasteiger partial charge in [-0.25, -0.2) is 4.79 Å². The fourth-order valence-corrected chi connectivity index (χ4v) is 0.584. The van der Waals surface area contributed by atoms with E-state index in [0.29, 0.717) is 0 Å². The molecule has 0 rings (SSSR count). The zero-order valence-electron chi connectivity index (χ0n) is 5.12. The lowest BCUT2D eigenvalue weighted by Gasteiger charge is -1.94. The van der Waals surface area contributed by atoms with Gasteiger partial charge in [0.05, 0.1) is 7.11 Å². The van der Waals surface area contributed by atoms with Crippen molar-refractivity contribution in [2.45, 2.75) is 0 Å². The Hall–Kier alpha value is -0.710. The summed E-state index contributed by atoms with van der Waals surface area (Å²) in [6.07, 6.45) is 1.62. The molecule has 0 saturated heterocycles. The molecule has 0 spiro atoms. The molecule has 0 fully saturated rings. The van der Waals surface area contributed by atoms with E-state index in [1.54, 1.807) is 6.26 Å². The van der Waals surface area contributed by atoms with Gasteiger partial charge in [0, 0.05) is 0 Å². The van der Waals surface area contributed by atoms with Crippen LogP contribution in [0.25, 0.3) is 0 Å². The molecular formula is C4H7NO3S. The Bertz CT molecular complexity index is 134. The monoisotopic (exact) mass is 149 g/mol. The van der Waals surface area contributed by atoms with Gasteiger partial charge in [-0.3, -0.25) is 0 Å². The number of oxime groups is 1. The number of hydrogen-bond donors (Lipinski definition) is 1. The van der Waals surface area contributed by atoms with Crippen molar-refractivity contribution < 1.29 is 14.7 Å². The third-order valence-corrected chi connectivity index (χ3v) is 1.28. The zero-order valence-corrected chi connectivity index (χ0v) is 5.94. The first kappa shape index (κ1) is 8.29. The summed E-state index contributed by atoms with van der Waals surface area (Å²) >= 11 is 1.03. The van der Waals surface area contributed by atoms with E-state index in [-0.39, 0.29) is 5.04 Å². The molecule has 0 saturated carbocycles. The number of methoxy groups -OCH3 is 1. The van der Waals surface area contributed by atoms with E-state index >= 15 is 0 Å². The second-order valence-electron chi connectivity index (χ2n) is 1.10. The summed E-state index contributed by atoms with van der Waals surface area (Å²) in [4.78, 5) is 10.4. The standard InChI is InChI=1S/C4H7NO3S/c1-8-4(6)3(5-7)9-2/h7H,1-2H3/b5-3-. The van der Waals surface area contributed by atoms with E-state index in [4.69, 9.17) is 5.21 Å². The summed E-state index contributed by atoms with van der Waals surface area (Å²) in [5.41, 5.74) is 0. The quantitative estimate of drug-likeness (QED) is 0.177. The number of esters is 1. The van der Waals surface area contributed by atoms with Crippen molar-refractivity contribution in [3.63, 3.8) is 0 Å². The second-order valence-corrected chi connectivity index (χ2v) is 1.90. The van der Waals surface area contributed by atoms with Gasteiger partial charge in [0.2, 0.25) is 5.04 Å². The molecule has 4 nitrogen and oxygen atoms in total. The first-order valence-electron chi connectivity index (χ1n) is 2.10. The van der Waals surface area contributed by atoms with E-state index in [1.807, 2.05) is 0 Å². The molecule has 52 valence electrons. The minimum atomic E-state index is -0.620. The van der Waals surface area contributed by atoms with Gasteiger partial charge in [0.1, 0.15) is 0 Å². The number of rotatable bonds is 0. The van der Waals surface area contributed by atoms with E-state index < -0.39 is 5.97 Å². The predicted octanol–water partition coefficient (Wildman–Crippen LogP) is 0.310. The molecular weight excluding hydrogens is 142 g/mol. The number of nitrogens with zero attached hydrogens (tertiary/aromatic N) is 1. The molecule has 0 radical (unpaired) electrons. The van der Waals surface area contributed by atoms with Gasteiger partial charge in [0.15, 0.2) is 0 Å². The molecule has 0 bridgehead atoms. The zero-order chi connectivity index (χ0) is 7.28. The van der Waals surface area contributed by atoms with Gasteiger partial charge >= 0.3 is 5.97 Å². The molecule has 9 heavy (non-hydrogen) atoms. The van der Waals surface area contributed by atoms with Gasteiger partial charge in [-0.1, -0.05) is 16.9 Å². The largest absolute Gasteiger partial charge is 0.464 e. The van der Waals surface area contributed by atoms with Crippen LogP contribution < -0.4 is 0 Å². The lowest BCUT2D eigenvalue weighted by molar-refractivity contribution is -0.132. The number of carbonyl (C=O) groups excluding carboxylic acids is 1. The maximum absolute atomic E-state index is 10.4. The summed E-state index contributed by atoms with van der Waals surface area (Å²) in [6.45, 7) is 0. The van der Waals surface area contributed by atoms with Crippen molar-refractivity contribution in [2.24, 2.45) is 5.16 Å². The summed E-state index contributed by atoms with van der Waals surface area (Å²) in [6, 6.07) is 0. The highest BCUT2D eigenvalue weighted by Gasteiger charge is 2.08. The number of carbonyl (C=O) groups is 1. The van der Waals surface area contributed by atoms with Gasteiger partial charge in [0.25, 0.3) is 0 Å². The molecule has 0 aliphatic heterocycles. The van der Waals surface area contributed by atoms with Crippen LogP contribution in [0.5, 0.6) is 0 Å². The average molecular weight is 149 g/mol. The Morgan fingerprint density at radius 2 is 2.33 bits per heavy atom. The number of thioether (sulfide) groups is 1. The number of hydrogen-bond acceptors (Lipinski definition) is 5. The van der Waals surface area contributed by atoms with Crippen LogP contribution in [0.3, 0.4) is 0 Å². The normalized spacial score (nSPS) is 11.1. The molecule has 0 atom stereocenters. The summed E-state index contributed by atoms with van der Waals surface area (Å²) in [7, 11) is 1.23. The molecule has 1 N–H and O–H groups in total. The Labute approximate surface area is 56.9 Å². The van der Waals surface area contributed by atoms with Crippen LogP contribution in [0.1, 0.15) is 0 Å². The maximum Gasteiger partial charge on any atom is 0.366 e. The molecule has 0 aromatic heterocycles. The second kappa shape index (κ2) is 4.20. The van der Waals surface area contributed by atoms with Crippen LogP contribution in [-0.2, 0) is 9.53 Å². The SMILES string of the molecule is COC(=O)/C(=N/O)SC. The van der Waals surface area contributed by atoms with E-state index in [0.717, 1.165) is 11.8 Å². The summed E-state index contributed by atoms with van der Waals surface area (Å²) < 4.78 is 4.24. The van der Waals surface area contributed by atoms with Gasteiger partial charge in [-0.2, -0.15) is 0 Å². The van der Waals surface area contributed by atoms with Crippen LogP contribution in [0.15, 0.2) is 5.16 Å². The minimum absolute atomic E-state index is 0.0440. The molecule has 0 unspecified atom stereocenters. The van der Waals surface area contributed by atoms with Crippen LogP contribution in [0.2, 0.25) is 0 Å². The molecule has 0 aromatic rings. The van der Waals surface area contributed by atoms with E-state index in [2.05, 4.69) is 9.89 Å². The van der Waals surface area contributed by atoms with E-state index in [1.165, 1.54) is 7.11 Å². The van der Waals surface area contributed by atoms with Crippen molar-refractivity contribution in [3.05, 3.63) is 0 Å². The Morgan fingerprint density at radius 1 is 1.78 bits per heavy atom. The molecule has 5 heteroatoms. The molecule has 0 aliphatic carbocycles. The Balaban J connectivity index is 3.97. The lowest BCUT2D eigenvalue weighted by atomic mass is 10.7. The van der Waals surface area contributed by atoms with Crippen LogP contribution in [0, 0.1) is 0 Å². The Kier molecular flexibility index (Phi) is 3.87. The smallest absolute Gasteiger partial charge is 0.366 e. The first-order valence-corrected chi connectivity index (χ1v) is 3.33. The van der Waals surface area contributed by atoms with E-state index in [9.17, 15) is 4.79 Å². The van der Waals surface area contributed by atoms with Crippen LogP contribution in [0.4, 0.5) is 0 Å². The molecule has 0 aromatic carbocycles. The minimum Gasteiger partial charge on any atom is -0.464 e. The first-order chi connectivity index (χ1) is 4.26. The molecule has 0 heterocycles. The van der Waals surface area contributed by atoms with Crippen molar-refractivity contribution in [1.82, 2.24) is 0 Å². The average Bonchev–Trinajstić information content (AvgIpc) is 1.90.